The molecule has 0 saturated carbocycles. The summed E-state index contributed by atoms with van der Waals surface area (Å²) in [4.78, 5) is 22.7. The number of carbonyl (C=O) groups is 1. The molecule has 1 unspecified atom stereocenters. The number of hydrogen-bond donors (Lipinski definition) is 3. The normalized spacial score (nSPS) is 16.6. The Morgan fingerprint density at radius 1 is 1.38 bits per heavy atom. The fourth-order valence-corrected chi connectivity index (χ4v) is 3.27. The van der Waals surface area contributed by atoms with Crippen molar-refractivity contribution in [2.75, 3.05) is 35.2 Å². The first-order valence-corrected chi connectivity index (χ1v) is 9.35. The Morgan fingerprint density at radius 2 is 2.23 bits per heavy atom. The molecule has 1 aliphatic heterocycles. The van der Waals surface area contributed by atoms with Crippen LogP contribution >= 0.6 is 15.9 Å². The van der Waals surface area contributed by atoms with Crippen molar-refractivity contribution in [3.05, 3.63) is 40.6 Å². The summed E-state index contributed by atoms with van der Waals surface area (Å²) in [6.07, 6.45) is 3.46. The second kappa shape index (κ2) is 8.46. The quantitative estimate of drug-likeness (QED) is 0.666. The molecular formula is C18H22BrN5O2. The van der Waals surface area contributed by atoms with Crippen LogP contribution in [0.4, 0.5) is 17.3 Å². The van der Waals surface area contributed by atoms with Gasteiger partial charge in [0, 0.05) is 22.8 Å². The van der Waals surface area contributed by atoms with Crippen molar-refractivity contribution in [3.63, 3.8) is 0 Å². The van der Waals surface area contributed by atoms with Gasteiger partial charge in [-0.15, -0.1) is 0 Å². The van der Waals surface area contributed by atoms with E-state index in [0.717, 1.165) is 40.9 Å². The third-order valence-corrected chi connectivity index (χ3v) is 5.30. The molecule has 0 bridgehead atoms. The zero-order valence-electron chi connectivity index (χ0n) is 14.6. The molecule has 0 aliphatic carbocycles. The minimum Gasteiger partial charge on any atom is -0.394 e. The second-order valence-corrected chi connectivity index (χ2v) is 7.15. The molecule has 1 saturated heterocycles. The summed E-state index contributed by atoms with van der Waals surface area (Å²) in [7, 11) is 0. The monoisotopic (exact) mass is 419 g/mol. The number of nitrogens with zero attached hydrogens (tertiary/aromatic N) is 3. The number of carbonyl (C=O) groups excluding carboxylic acids is 1. The van der Waals surface area contributed by atoms with Gasteiger partial charge in [0.15, 0.2) is 0 Å². The first-order valence-electron chi connectivity index (χ1n) is 8.56. The van der Waals surface area contributed by atoms with Crippen molar-refractivity contribution in [3.8, 4) is 0 Å². The van der Waals surface area contributed by atoms with E-state index in [4.69, 9.17) is 0 Å². The number of anilines is 3. The fourth-order valence-electron chi connectivity index (χ4n) is 3.03. The molecule has 3 rings (SSSR count). The number of amides is 1. The molecule has 0 spiro atoms. The van der Waals surface area contributed by atoms with E-state index in [1.54, 1.807) is 0 Å². The van der Waals surface area contributed by atoms with Crippen LogP contribution in [0.5, 0.6) is 0 Å². The van der Waals surface area contributed by atoms with Gasteiger partial charge in [0.2, 0.25) is 5.91 Å². The molecular weight excluding hydrogens is 398 g/mol. The van der Waals surface area contributed by atoms with Crippen LogP contribution in [0.15, 0.2) is 35.1 Å². The summed E-state index contributed by atoms with van der Waals surface area (Å²) in [5.41, 5.74) is 1.81. The molecule has 138 valence electrons. The number of nitrogens with one attached hydrogen (secondary N) is 2. The number of aromatic nitrogens is 2. The number of halogens is 1. The van der Waals surface area contributed by atoms with Crippen LogP contribution in [-0.2, 0) is 4.79 Å². The van der Waals surface area contributed by atoms with Crippen LogP contribution < -0.4 is 15.5 Å². The van der Waals surface area contributed by atoms with E-state index in [1.807, 2.05) is 31.2 Å². The molecule has 7 nitrogen and oxygen atoms in total. The lowest BCUT2D eigenvalue weighted by molar-refractivity contribution is -0.114. The van der Waals surface area contributed by atoms with Gasteiger partial charge in [0.05, 0.1) is 19.2 Å². The number of aliphatic hydroxyl groups excluding tert-OH is 1. The van der Waals surface area contributed by atoms with Crippen LogP contribution in [0.3, 0.4) is 0 Å². The Morgan fingerprint density at radius 3 is 3.00 bits per heavy atom. The van der Waals surface area contributed by atoms with Crippen molar-refractivity contribution in [2.45, 2.75) is 25.8 Å². The van der Waals surface area contributed by atoms with Crippen molar-refractivity contribution < 1.29 is 9.90 Å². The fraction of sp³-hybridized carbons (Fsp3) is 0.389. The molecule has 0 radical (unpaired) electrons. The minimum absolute atomic E-state index is 0.0988. The highest BCUT2D eigenvalue weighted by Crippen LogP contribution is 2.24. The van der Waals surface area contributed by atoms with Gasteiger partial charge in [-0.05, 0) is 43.5 Å². The highest BCUT2D eigenvalue weighted by Gasteiger charge is 2.25. The van der Waals surface area contributed by atoms with Crippen molar-refractivity contribution in [1.29, 1.82) is 0 Å². The Labute approximate surface area is 161 Å². The molecule has 3 N–H and O–H groups in total. The SMILES string of the molecule is Cc1cc(NC(=O)CNc2cc(N3CCCC3CO)ncn2)ccc1Br. The van der Waals surface area contributed by atoms with Crippen LogP contribution in [0.2, 0.25) is 0 Å². The third kappa shape index (κ3) is 4.50. The van der Waals surface area contributed by atoms with Gasteiger partial charge in [-0.3, -0.25) is 4.79 Å². The summed E-state index contributed by atoms with van der Waals surface area (Å²) in [5, 5.41) is 15.3. The maximum Gasteiger partial charge on any atom is 0.243 e. The molecule has 1 fully saturated rings. The maximum atomic E-state index is 12.1. The van der Waals surface area contributed by atoms with Crippen LogP contribution in [0, 0.1) is 6.92 Å². The molecule has 1 aromatic heterocycles. The highest BCUT2D eigenvalue weighted by atomic mass is 79.9. The van der Waals surface area contributed by atoms with E-state index in [-0.39, 0.29) is 25.1 Å². The van der Waals surface area contributed by atoms with Gasteiger partial charge in [-0.1, -0.05) is 15.9 Å². The van der Waals surface area contributed by atoms with Crippen molar-refractivity contribution >= 4 is 39.2 Å². The molecule has 8 heteroatoms. The maximum absolute atomic E-state index is 12.1. The van der Waals surface area contributed by atoms with Crippen molar-refractivity contribution in [2.24, 2.45) is 0 Å². The standard InChI is InChI=1S/C18H22BrN5O2/c1-12-7-13(4-5-15(12)19)23-18(26)9-20-16-8-17(22-11-21-16)24-6-2-3-14(24)10-25/h4-5,7-8,11,14,25H,2-3,6,9-10H2,1H3,(H,23,26)(H,20,21,22). The molecule has 1 aromatic carbocycles. The molecule has 2 heterocycles. The zero-order chi connectivity index (χ0) is 18.5. The number of aliphatic hydroxyl groups is 1. The van der Waals surface area contributed by atoms with E-state index in [2.05, 4.69) is 41.4 Å². The molecule has 2 aromatic rings. The van der Waals surface area contributed by atoms with E-state index in [0.29, 0.717) is 5.82 Å². The first kappa shape index (κ1) is 18.6. The summed E-state index contributed by atoms with van der Waals surface area (Å²) in [6.45, 7) is 3.06. The van der Waals surface area contributed by atoms with Crippen LogP contribution in [0.1, 0.15) is 18.4 Å². The van der Waals surface area contributed by atoms with E-state index < -0.39 is 0 Å². The summed E-state index contributed by atoms with van der Waals surface area (Å²) in [5.74, 6) is 1.20. The average molecular weight is 420 g/mol. The molecule has 1 atom stereocenters. The number of benzene rings is 1. The van der Waals surface area contributed by atoms with Crippen molar-refractivity contribution in [1.82, 2.24) is 9.97 Å². The summed E-state index contributed by atoms with van der Waals surface area (Å²) >= 11 is 3.44. The predicted molar refractivity (Wildman–Crippen MR) is 105 cm³/mol. The van der Waals surface area contributed by atoms with Gasteiger partial charge in [0.25, 0.3) is 0 Å². The van der Waals surface area contributed by atoms with Gasteiger partial charge in [-0.2, -0.15) is 0 Å². The Kier molecular flexibility index (Phi) is 6.05. The topological polar surface area (TPSA) is 90.4 Å². The van der Waals surface area contributed by atoms with Gasteiger partial charge < -0.3 is 20.6 Å². The Hall–Kier alpha value is -2.19. The third-order valence-electron chi connectivity index (χ3n) is 4.41. The number of aryl methyl sites for hydroxylation is 1. The highest BCUT2D eigenvalue weighted by molar-refractivity contribution is 9.10. The lowest BCUT2D eigenvalue weighted by atomic mass is 10.2. The van der Waals surface area contributed by atoms with E-state index in [1.165, 1.54) is 6.33 Å². The van der Waals surface area contributed by atoms with Gasteiger partial charge in [0.1, 0.15) is 18.0 Å². The number of hydrogen-bond acceptors (Lipinski definition) is 6. The van der Waals surface area contributed by atoms with Gasteiger partial charge in [-0.25, -0.2) is 9.97 Å². The smallest absolute Gasteiger partial charge is 0.243 e. The van der Waals surface area contributed by atoms with Gasteiger partial charge >= 0.3 is 0 Å². The van der Waals surface area contributed by atoms with E-state index >= 15 is 0 Å². The van der Waals surface area contributed by atoms with Crippen LogP contribution in [-0.4, -0.2) is 46.7 Å². The van der Waals surface area contributed by atoms with Crippen LogP contribution in [0.25, 0.3) is 0 Å². The summed E-state index contributed by atoms with van der Waals surface area (Å²) in [6, 6.07) is 7.57. The van der Waals surface area contributed by atoms with E-state index in [9.17, 15) is 9.90 Å². The minimum atomic E-state index is -0.152. The predicted octanol–water partition coefficient (Wildman–Crippen LogP) is 2.56. The lowest BCUT2D eigenvalue weighted by Crippen LogP contribution is -2.32. The second-order valence-electron chi connectivity index (χ2n) is 6.30. The Balaban J connectivity index is 1.58. The first-order chi connectivity index (χ1) is 12.6. The number of rotatable bonds is 6. The molecule has 26 heavy (non-hydrogen) atoms. The zero-order valence-corrected chi connectivity index (χ0v) is 16.2. The average Bonchev–Trinajstić information content (AvgIpc) is 3.12. The largest absolute Gasteiger partial charge is 0.394 e. The summed E-state index contributed by atoms with van der Waals surface area (Å²) < 4.78 is 1.00. The Bertz CT molecular complexity index is 786. The molecule has 1 aliphatic rings. The lowest BCUT2D eigenvalue weighted by Gasteiger charge is -2.24. The molecule has 1 amide bonds.